The van der Waals surface area contributed by atoms with Gasteiger partial charge in [-0.2, -0.15) is 8.42 Å². The van der Waals surface area contributed by atoms with Crippen LogP contribution in [0.3, 0.4) is 0 Å². The second-order valence-electron chi connectivity index (χ2n) is 8.58. The maximum Gasteiger partial charge on any atom is 0.264 e. The van der Waals surface area contributed by atoms with Gasteiger partial charge in [-0.15, -0.1) is 0 Å². The Labute approximate surface area is 193 Å². The number of quaternary nitrogens is 1. The van der Waals surface area contributed by atoms with Crippen LogP contribution in [0.15, 0.2) is 30.3 Å². The van der Waals surface area contributed by atoms with Crippen molar-refractivity contribution in [3.05, 3.63) is 30.3 Å². The van der Waals surface area contributed by atoms with E-state index in [1.54, 1.807) is 0 Å². The number of hydrogen-bond donors (Lipinski definition) is 2. The predicted molar refractivity (Wildman–Crippen MR) is 135 cm³/mol. The molecule has 0 aliphatic carbocycles. The summed E-state index contributed by atoms with van der Waals surface area (Å²) in [5.74, 6) is -0.202. The van der Waals surface area contributed by atoms with Crippen LogP contribution in [0.2, 0.25) is 0 Å². The minimum Gasteiger partial charge on any atom is -0.385 e. The van der Waals surface area contributed by atoms with Crippen molar-refractivity contribution in [2.75, 3.05) is 43.8 Å². The molecule has 0 spiro atoms. The van der Waals surface area contributed by atoms with E-state index in [4.69, 9.17) is 4.55 Å². The molecule has 1 aromatic rings. The fourth-order valence-electron chi connectivity index (χ4n) is 3.69. The number of anilines is 1. The van der Waals surface area contributed by atoms with Crippen molar-refractivity contribution in [2.24, 2.45) is 0 Å². The normalized spacial score (nSPS) is 11.6. The molecule has 0 radical (unpaired) electrons. The van der Waals surface area contributed by atoms with Crippen molar-refractivity contribution in [2.45, 2.75) is 85.5 Å². The molecule has 0 amide bonds. The first-order valence-electron chi connectivity index (χ1n) is 12.4. The lowest BCUT2D eigenvalue weighted by molar-refractivity contribution is -0.929. The quantitative estimate of drug-likeness (QED) is 0.162. The first-order valence-corrected chi connectivity index (χ1v) is 14.0. The maximum atomic E-state index is 10.4. The van der Waals surface area contributed by atoms with Gasteiger partial charge in [0.2, 0.25) is 0 Å². The van der Waals surface area contributed by atoms with Crippen LogP contribution in [0.5, 0.6) is 0 Å². The fourth-order valence-corrected chi connectivity index (χ4v) is 4.20. The van der Waals surface area contributed by atoms with Gasteiger partial charge in [-0.25, -0.2) is 0 Å². The van der Waals surface area contributed by atoms with Gasteiger partial charge >= 0.3 is 0 Å². The summed E-state index contributed by atoms with van der Waals surface area (Å²) in [6.45, 7) is 15.5. The molecule has 0 atom stereocenters. The van der Waals surface area contributed by atoms with Crippen molar-refractivity contribution in [3.8, 4) is 0 Å². The van der Waals surface area contributed by atoms with E-state index in [2.05, 4.69) is 33.0 Å². The number of nitrogens with one attached hydrogen (secondary N) is 1. The molecule has 6 heteroatoms. The van der Waals surface area contributed by atoms with E-state index in [1.165, 1.54) is 82.0 Å². The van der Waals surface area contributed by atoms with E-state index in [-0.39, 0.29) is 5.75 Å². The summed E-state index contributed by atoms with van der Waals surface area (Å²) in [6.07, 6.45) is 11.5. The van der Waals surface area contributed by atoms with E-state index >= 15 is 0 Å². The third kappa shape index (κ3) is 17.2. The van der Waals surface area contributed by atoms with E-state index < -0.39 is 10.1 Å². The van der Waals surface area contributed by atoms with Crippen LogP contribution in [0.25, 0.3) is 0 Å². The van der Waals surface area contributed by atoms with Crippen LogP contribution in [0.4, 0.5) is 5.69 Å². The molecule has 182 valence electrons. The zero-order valence-electron chi connectivity index (χ0n) is 20.6. The molecule has 0 aliphatic rings. The number of nitrogens with zero attached hydrogens (tertiary/aromatic N) is 1. The number of unbranched alkanes of at least 4 members (excludes halogenated alkanes) is 4. The first-order chi connectivity index (χ1) is 14.8. The number of benzene rings is 1. The Hall–Kier alpha value is -1.11. The second kappa shape index (κ2) is 18.5. The second-order valence-corrected chi connectivity index (χ2v) is 10.2. The van der Waals surface area contributed by atoms with Crippen LogP contribution in [0.1, 0.15) is 85.5 Å². The van der Waals surface area contributed by atoms with E-state index in [0.29, 0.717) is 13.0 Å². The minimum atomic E-state index is -3.82. The molecule has 2 N–H and O–H groups in total. The Morgan fingerprint density at radius 3 is 1.52 bits per heavy atom. The largest absolute Gasteiger partial charge is 0.385 e. The van der Waals surface area contributed by atoms with Crippen molar-refractivity contribution < 1.29 is 17.5 Å². The molecule has 0 unspecified atom stereocenters. The Morgan fingerprint density at radius 1 is 0.742 bits per heavy atom. The van der Waals surface area contributed by atoms with Gasteiger partial charge in [-0.3, -0.25) is 4.55 Å². The van der Waals surface area contributed by atoms with Crippen LogP contribution in [-0.4, -0.2) is 55.9 Å². The summed E-state index contributed by atoms with van der Waals surface area (Å²) in [7, 11) is -3.82. The van der Waals surface area contributed by atoms with Gasteiger partial charge in [-0.1, -0.05) is 71.6 Å². The molecule has 0 bridgehead atoms. The zero-order chi connectivity index (χ0) is 23.4. The molecular formula is C25H49N2O3S+. The first kappa shape index (κ1) is 29.9. The molecule has 1 rings (SSSR count). The Morgan fingerprint density at radius 2 is 1.16 bits per heavy atom. The van der Waals surface area contributed by atoms with Gasteiger partial charge in [-0.05, 0) is 44.2 Å². The molecule has 0 aliphatic heterocycles. The Bertz CT molecular complexity index is 583. The van der Waals surface area contributed by atoms with E-state index in [0.717, 1.165) is 5.69 Å². The third-order valence-electron chi connectivity index (χ3n) is 5.63. The van der Waals surface area contributed by atoms with E-state index in [9.17, 15) is 8.42 Å². The molecule has 0 aromatic heterocycles. The van der Waals surface area contributed by atoms with Crippen molar-refractivity contribution in [1.82, 2.24) is 0 Å². The number of rotatable bonds is 17. The highest BCUT2D eigenvalue weighted by atomic mass is 32.2. The highest BCUT2D eigenvalue weighted by Crippen LogP contribution is 2.16. The van der Waals surface area contributed by atoms with Crippen molar-refractivity contribution in [1.29, 1.82) is 0 Å². The summed E-state index contributed by atoms with van der Waals surface area (Å²) in [6, 6.07) is 9.49. The predicted octanol–water partition coefficient (Wildman–Crippen LogP) is 6.38. The van der Waals surface area contributed by atoms with Crippen LogP contribution < -0.4 is 5.32 Å². The standard InChI is InChI=1S/C16H36N.C9H13NO3S/c1-5-9-13-17(14-10-6-2,15-11-7-3)16-12-8-4;11-14(12,13)8-4-7-10-9-5-2-1-3-6-9/h5-16H2,1-4H3;1-3,5-6,10H,4,7-8H2,(H,11,12,13)/q+1;. The average Bonchev–Trinajstić information content (AvgIpc) is 2.76. The number of hydrogen-bond acceptors (Lipinski definition) is 3. The van der Waals surface area contributed by atoms with Gasteiger partial charge in [0.1, 0.15) is 0 Å². The molecule has 0 heterocycles. The lowest BCUT2D eigenvalue weighted by Gasteiger charge is -2.39. The van der Waals surface area contributed by atoms with Crippen LogP contribution in [-0.2, 0) is 10.1 Å². The SMILES string of the molecule is CCCC[N+](CCCC)(CCCC)CCCC.O=S(=O)(O)CCCNc1ccccc1. The van der Waals surface area contributed by atoms with Gasteiger partial charge in [0, 0.05) is 12.2 Å². The molecular weight excluding hydrogens is 408 g/mol. The van der Waals surface area contributed by atoms with E-state index in [1.807, 2.05) is 30.3 Å². The average molecular weight is 458 g/mol. The maximum absolute atomic E-state index is 10.4. The molecule has 0 saturated heterocycles. The Balaban J connectivity index is 0.000000590. The summed E-state index contributed by atoms with van der Waals surface area (Å²) in [4.78, 5) is 0. The van der Waals surface area contributed by atoms with Gasteiger partial charge < -0.3 is 9.80 Å². The smallest absolute Gasteiger partial charge is 0.264 e. The highest BCUT2D eigenvalue weighted by molar-refractivity contribution is 7.85. The molecule has 31 heavy (non-hydrogen) atoms. The molecule has 0 fully saturated rings. The summed E-state index contributed by atoms with van der Waals surface area (Å²) >= 11 is 0. The molecule has 0 saturated carbocycles. The summed E-state index contributed by atoms with van der Waals surface area (Å²) in [5, 5.41) is 3.04. The number of para-hydroxylation sites is 1. The lowest BCUT2D eigenvalue weighted by Crippen LogP contribution is -2.50. The minimum absolute atomic E-state index is 0.202. The topological polar surface area (TPSA) is 66.4 Å². The summed E-state index contributed by atoms with van der Waals surface area (Å²) < 4.78 is 30.6. The molecule has 1 aromatic carbocycles. The summed E-state index contributed by atoms with van der Waals surface area (Å²) in [5.41, 5.74) is 0.947. The van der Waals surface area contributed by atoms with Crippen molar-refractivity contribution >= 4 is 15.8 Å². The van der Waals surface area contributed by atoms with Gasteiger partial charge in [0.25, 0.3) is 10.1 Å². The van der Waals surface area contributed by atoms with Crippen LogP contribution in [0, 0.1) is 0 Å². The molecule has 5 nitrogen and oxygen atoms in total. The Kier molecular flexibility index (Phi) is 17.8. The highest BCUT2D eigenvalue weighted by Gasteiger charge is 2.24. The third-order valence-corrected chi connectivity index (χ3v) is 6.43. The zero-order valence-corrected chi connectivity index (χ0v) is 21.4. The van der Waals surface area contributed by atoms with Gasteiger partial charge in [0.05, 0.1) is 31.9 Å². The monoisotopic (exact) mass is 457 g/mol. The van der Waals surface area contributed by atoms with Crippen molar-refractivity contribution in [3.63, 3.8) is 0 Å². The lowest BCUT2D eigenvalue weighted by atomic mass is 10.1. The fraction of sp³-hybridized carbons (Fsp3) is 0.760. The van der Waals surface area contributed by atoms with Crippen LogP contribution >= 0.6 is 0 Å². The van der Waals surface area contributed by atoms with Gasteiger partial charge in [0.15, 0.2) is 0 Å².